The molecule has 0 spiro atoms. The largest absolute Gasteiger partial charge is 0.371 e. The summed E-state index contributed by atoms with van der Waals surface area (Å²) in [5, 5.41) is 12.7. The Labute approximate surface area is 131 Å². The average molecular weight is 314 g/mol. The summed E-state index contributed by atoms with van der Waals surface area (Å²) < 4.78 is 23.0. The maximum atomic E-state index is 5.58. The van der Waals surface area contributed by atoms with Crippen LogP contribution in [-0.4, -0.2) is 54.8 Å². The summed E-state index contributed by atoms with van der Waals surface area (Å²) in [6.07, 6.45) is 0.516. The molecule has 0 aliphatic rings. The van der Waals surface area contributed by atoms with E-state index in [9.17, 15) is 0 Å². The quantitative estimate of drug-likeness (QED) is 0.485. The van der Waals surface area contributed by atoms with Gasteiger partial charge in [0.05, 0.1) is 6.21 Å². The highest BCUT2D eigenvalue weighted by Crippen LogP contribution is 2.21. The normalized spacial score (nSPS) is 14.9. The third kappa shape index (κ3) is 4.84. The molecule has 1 aromatic rings. The van der Waals surface area contributed by atoms with Crippen LogP contribution in [0.2, 0.25) is 0 Å². The lowest BCUT2D eigenvalue weighted by Gasteiger charge is -2.14. The summed E-state index contributed by atoms with van der Waals surface area (Å²) in [5.74, 6) is 1.20. The van der Waals surface area contributed by atoms with Crippen LogP contribution in [0.1, 0.15) is 51.6 Å². The van der Waals surface area contributed by atoms with E-state index in [1.165, 1.54) is 6.21 Å². The van der Waals surface area contributed by atoms with E-state index in [0.29, 0.717) is 24.9 Å². The van der Waals surface area contributed by atoms with Crippen LogP contribution < -0.4 is 0 Å². The molecule has 0 aliphatic carbocycles. The van der Waals surface area contributed by atoms with Gasteiger partial charge >= 0.3 is 0 Å². The van der Waals surface area contributed by atoms with Crippen LogP contribution in [0.15, 0.2) is 5.10 Å². The van der Waals surface area contributed by atoms with E-state index in [1.807, 2.05) is 27.7 Å². The standard InChI is InChI=1S/C14H26N4O4/c1-7-21-10(3)13-16-17-14(11(4)22-8-2)18(13)15-9-12(19-5)20-6/h9-12H,7-8H2,1-6H3. The highest BCUT2D eigenvalue weighted by atomic mass is 16.7. The minimum absolute atomic E-state index is 0.235. The summed E-state index contributed by atoms with van der Waals surface area (Å²) in [7, 11) is 3.08. The van der Waals surface area contributed by atoms with Gasteiger partial charge in [-0.05, 0) is 27.7 Å². The lowest BCUT2D eigenvalue weighted by molar-refractivity contribution is -0.0487. The highest BCUT2D eigenvalue weighted by molar-refractivity contribution is 5.61. The maximum absolute atomic E-state index is 5.58. The van der Waals surface area contributed by atoms with Gasteiger partial charge in [0, 0.05) is 27.4 Å². The fourth-order valence-corrected chi connectivity index (χ4v) is 1.92. The van der Waals surface area contributed by atoms with Gasteiger partial charge in [-0.3, -0.25) is 0 Å². The SMILES string of the molecule is CCOC(C)c1nnc(C(C)OCC)n1N=CC(OC)OC. The molecule has 0 aromatic carbocycles. The molecule has 0 radical (unpaired) electrons. The van der Waals surface area contributed by atoms with Crippen molar-refractivity contribution >= 4 is 6.21 Å². The molecule has 1 rings (SSSR count). The van der Waals surface area contributed by atoms with Gasteiger partial charge in [-0.25, -0.2) is 0 Å². The van der Waals surface area contributed by atoms with E-state index in [4.69, 9.17) is 18.9 Å². The minimum Gasteiger partial charge on any atom is -0.371 e. The molecule has 2 unspecified atom stereocenters. The molecule has 1 aromatic heterocycles. The van der Waals surface area contributed by atoms with Crippen molar-refractivity contribution in [2.24, 2.45) is 5.10 Å². The predicted octanol–water partition coefficient (Wildman–Crippen LogP) is 1.93. The maximum Gasteiger partial charge on any atom is 0.195 e. The molecular weight excluding hydrogens is 288 g/mol. The van der Waals surface area contributed by atoms with Gasteiger partial charge in [-0.1, -0.05) is 0 Å². The molecule has 126 valence electrons. The van der Waals surface area contributed by atoms with Crippen molar-refractivity contribution in [3.05, 3.63) is 11.6 Å². The van der Waals surface area contributed by atoms with Crippen LogP contribution in [0.4, 0.5) is 0 Å². The average Bonchev–Trinajstić information content (AvgIpc) is 2.93. The molecule has 22 heavy (non-hydrogen) atoms. The van der Waals surface area contributed by atoms with E-state index >= 15 is 0 Å². The monoisotopic (exact) mass is 314 g/mol. The van der Waals surface area contributed by atoms with Crippen LogP contribution in [0, 0.1) is 0 Å². The third-order valence-corrected chi connectivity index (χ3v) is 3.02. The van der Waals surface area contributed by atoms with Crippen molar-refractivity contribution in [1.82, 2.24) is 14.9 Å². The van der Waals surface area contributed by atoms with Crippen molar-refractivity contribution in [1.29, 1.82) is 0 Å². The number of rotatable bonds is 10. The molecule has 0 saturated heterocycles. The van der Waals surface area contributed by atoms with Crippen LogP contribution >= 0.6 is 0 Å². The summed E-state index contributed by atoms with van der Waals surface area (Å²) in [6.45, 7) is 8.81. The second kappa shape index (κ2) is 9.62. The number of ether oxygens (including phenoxy) is 4. The Morgan fingerprint density at radius 3 is 1.82 bits per heavy atom. The Bertz CT molecular complexity index is 430. The van der Waals surface area contributed by atoms with Gasteiger partial charge in [-0.15, -0.1) is 10.2 Å². The molecule has 0 saturated carbocycles. The second-order valence-corrected chi connectivity index (χ2v) is 4.53. The molecule has 8 heteroatoms. The van der Waals surface area contributed by atoms with Crippen LogP contribution in [0.3, 0.4) is 0 Å². The van der Waals surface area contributed by atoms with E-state index in [2.05, 4.69) is 15.3 Å². The lowest BCUT2D eigenvalue weighted by atomic mass is 10.3. The van der Waals surface area contributed by atoms with Crippen molar-refractivity contribution in [2.75, 3.05) is 27.4 Å². The molecule has 0 aliphatic heterocycles. The zero-order valence-corrected chi connectivity index (χ0v) is 14.1. The first kappa shape index (κ1) is 18.7. The van der Waals surface area contributed by atoms with Crippen LogP contribution in [0.5, 0.6) is 0 Å². The molecule has 0 N–H and O–H groups in total. The van der Waals surface area contributed by atoms with Crippen LogP contribution in [-0.2, 0) is 18.9 Å². The second-order valence-electron chi connectivity index (χ2n) is 4.53. The fraction of sp³-hybridized carbons (Fsp3) is 0.786. The van der Waals surface area contributed by atoms with E-state index in [-0.39, 0.29) is 12.2 Å². The van der Waals surface area contributed by atoms with Gasteiger partial charge in [0.1, 0.15) is 12.2 Å². The Hall–Kier alpha value is -1.35. The molecule has 2 atom stereocenters. The summed E-state index contributed by atoms with van der Waals surface area (Å²) in [6, 6.07) is 0. The first-order chi connectivity index (χ1) is 10.6. The number of aromatic nitrogens is 3. The molecular formula is C14H26N4O4. The Kier molecular flexibility index (Phi) is 8.18. The van der Waals surface area contributed by atoms with Gasteiger partial charge < -0.3 is 18.9 Å². The van der Waals surface area contributed by atoms with Crippen molar-refractivity contribution in [2.45, 2.75) is 46.2 Å². The fourth-order valence-electron chi connectivity index (χ4n) is 1.92. The predicted molar refractivity (Wildman–Crippen MR) is 81.8 cm³/mol. The van der Waals surface area contributed by atoms with Gasteiger partial charge in [0.2, 0.25) is 0 Å². The van der Waals surface area contributed by atoms with Gasteiger partial charge in [-0.2, -0.15) is 9.78 Å². The number of hydrogen-bond acceptors (Lipinski definition) is 7. The van der Waals surface area contributed by atoms with E-state index in [1.54, 1.807) is 18.9 Å². The van der Waals surface area contributed by atoms with E-state index in [0.717, 1.165) is 0 Å². The number of nitrogens with zero attached hydrogens (tertiary/aromatic N) is 4. The Morgan fingerprint density at radius 1 is 1.00 bits per heavy atom. The molecule has 0 bridgehead atoms. The van der Waals surface area contributed by atoms with Crippen LogP contribution in [0.25, 0.3) is 0 Å². The Balaban J connectivity index is 3.13. The van der Waals surface area contributed by atoms with Crippen molar-refractivity contribution in [3.63, 3.8) is 0 Å². The van der Waals surface area contributed by atoms with Crippen molar-refractivity contribution in [3.8, 4) is 0 Å². The van der Waals surface area contributed by atoms with Gasteiger partial charge in [0.15, 0.2) is 17.9 Å². The van der Waals surface area contributed by atoms with Crippen molar-refractivity contribution < 1.29 is 18.9 Å². The zero-order chi connectivity index (χ0) is 16.5. The third-order valence-electron chi connectivity index (χ3n) is 3.02. The first-order valence-corrected chi connectivity index (χ1v) is 7.37. The summed E-state index contributed by atoms with van der Waals surface area (Å²) >= 11 is 0. The first-order valence-electron chi connectivity index (χ1n) is 7.37. The van der Waals surface area contributed by atoms with Gasteiger partial charge in [0.25, 0.3) is 0 Å². The number of methoxy groups -OCH3 is 2. The molecule has 0 fully saturated rings. The minimum atomic E-state index is -0.548. The molecule has 8 nitrogen and oxygen atoms in total. The Morgan fingerprint density at radius 2 is 1.45 bits per heavy atom. The highest BCUT2D eigenvalue weighted by Gasteiger charge is 2.22. The topological polar surface area (TPSA) is 80.0 Å². The lowest BCUT2D eigenvalue weighted by Crippen LogP contribution is -2.17. The summed E-state index contributed by atoms with van der Waals surface area (Å²) in [5.41, 5.74) is 0. The van der Waals surface area contributed by atoms with E-state index < -0.39 is 6.29 Å². The molecule has 0 amide bonds. The molecule has 1 heterocycles. The zero-order valence-electron chi connectivity index (χ0n) is 14.1. The smallest absolute Gasteiger partial charge is 0.195 e. The summed E-state index contributed by atoms with van der Waals surface area (Å²) in [4.78, 5) is 0. The number of hydrogen-bond donors (Lipinski definition) is 0.